The molecule has 162 valence electrons. The lowest BCUT2D eigenvalue weighted by Gasteiger charge is -2.14. The largest absolute Gasteiger partial charge is 0.467 e. The highest BCUT2D eigenvalue weighted by atomic mass is 35.5. The van der Waals surface area contributed by atoms with E-state index in [4.69, 9.17) is 16.0 Å². The van der Waals surface area contributed by atoms with Crippen LogP contribution in [0.3, 0.4) is 0 Å². The van der Waals surface area contributed by atoms with Gasteiger partial charge in [0.15, 0.2) is 0 Å². The van der Waals surface area contributed by atoms with E-state index in [1.165, 1.54) is 13.2 Å². The van der Waals surface area contributed by atoms with Crippen molar-refractivity contribution in [1.29, 1.82) is 0 Å². The highest BCUT2D eigenvalue weighted by Crippen LogP contribution is 2.33. The summed E-state index contributed by atoms with van der Waals surface area (Å²) in [6.07, 6.45) is 1.49. The van der Waals surface area contributed by atoms with Crippen molar-refractivity contribution in [2.45, 2.75) is 20.4 Å². The van der Waals surface area contributed by atoms with Gasteiger partial charge in [-0.2, -0.15) is 0 Å². The molecule has 2 heterocycles. The summed E-state index contributed by atoms with van der Waals surface area (Å²) in [6, 6.07) is 15.4. The van der Waals surface area contributed by atoms with Crippen molar-refractivity contribution >= 4 is 46.3 Å². The van der Waals surface area contributed by atoms with Crippen LogP contribution in [0.5, 0.6) is 0 Å². The maximum atomic E-state index is 13.3. The van der Waals surface area contributed by atoms with Gasteiger partial charge in [0.05, 0.1) is 18.4 Å². The Labute approximate surface area is 189 Å². The third-order valence-corrected chi connectivity index (χ3v) is 5.24. The lowest BCUT2D eigenvalue weighted by Crippen LogP contribution is -2.31. The molecule has 8 heteroatoms. The first-order valence-electron chi connectivity index (χ1n) is 9.87. The van der Waals surface area contributed by atoms with Crippen LogP contribution in [-0.2, 0) is 20.9 Å². The molecule has 32 heavy (non-hydrogen) atoms. The highest BCUT2D eigenvalue weighted by Gasteiger charge is 2.39. The Bertz CT molecular complexity index is 1230. The average molecular weight is 450 g/mol. The fraction of sp³-hybridized carbons (Fsp3) is 0.125. The lowest BCUT2D eigenvalue weighted by atomic mass is 10.0. The minimum Gasteiger partial charge on any atom is -0.467 e. The summed E-state index contributed by atoms with van der Waals surface area (Å²) < 4.78 is 5.33. The minimum absolute atomic E-state index is 0.0168. The van der Waals surface area contributed by atoms with Crippen LogP contribution in [0.25, 0.3) is 5.57 Å². The highest BCUT2D eigenvalue weighted by molar-refractivity contribution is 6.36. The molecule has 2 N–H and O–H groups in total. The number of amides is 3. The molecule has 3 aromatic rings. The molecule has 0 spiro atoms. The zero-order valence-corrected chi connectivity index (χ0v) is 18.2. The van der Waals surface area contributed by atoms with Crippen LogP contribution >= 0.6 is 11.6 Å². The smallest absolute Gasteiger partial charge is 0.278 e. The number of nitrogens with one attached hydrogen (secondary N) is 2. The van der Waals surface area contributed by atoms with E-state index in [-0.39, 0.29) is 23.7 Å². The number of aryl methyl sites for hydroxylation is 1. The summed E-state index contributed by atoms with van der Waals surface area (Å²) in [4.78, 5) is 39.0. The van der Waals surface area contributed by atoms with Crippen molar-refractivity contribution in [3.8, 4) is 0 Å². The Balaban J connectivity index is 1.74. The van der Waals surface area contributed by atoms with Gasteiger partial charge in [-0.25, -0.2) is 0 Å². The monoisotopic (exact) mass is 449 g/mol. The molecule has 0 unspecified atom stereocenters. The second-order valence-electron chi connectivity index (χ2n) is 7.37. The van der Waals surface area contributed by atoms with Gasteiger partial charge in [0.2, 0.25) is 5.91 Å². The van der Waals surface area contributed by atoms with Crippen LogP contribution < -0.4 is 10.6 Å². The SMILES string of the molecule is CC(=O)Nc1ccc(C2=C(Nc3ccc(Cl)cc3C)C(=O)N(Cc3ccco3)C2=O)cc1. The predicted octanol–water partition coefficient (Wildman–Crippen LogP) is 4.59. The second kappa shape index (κ2) is 8.72. The number of halogens is 1. The number of hydrogen-bond acceptors (Lipinski definition) is 5. The molecule has 0 atom stereocenters. The van der Waals surface area contributed by atoms with Crippen molar-refractivity contribution in [2.75, 3.05) is 10.6 Å². The van der Waals surface area contributed by atoms with Crippen LogP contribution in [0.2, 0.25) is 5.02 Å². The lowest BCUT2D eigenvalue weighted by molar-refractivity contribution is -0.137. The molecule has 0 saturated heterocycles. The van der Waals surface area contributed by atoms with E-state index in [1.807, 2.05) is 6.92 Å². The van der Waals surface area contributed by atoms with Gasteiger partial charge in [0.1, 0.15) is 11.5 Å². The molecule has 1 aromatic heterocycles. The molecular formula is C24H20ClN3O4. The van der Waals surface area contributed by atoms with Crippen molar-refractivity contribution in [2.24, 2.45) is 0 Å². The van der Waals surface area contributed by atoms with Crippen LogP contribution in [0, 0.1) is 6.92 Å². The Morgan fingerprint density at radius 2 is 1.81 bits per heavy atom. The van der Waals surface area contributed by atoms with E-state index >= 15 is 0 Å². The van der Waals surface area contributed by atoms with Gasteiger partial charge in [-0.3, -0.25) is 19.3 Å². The first-order valence-corrected chi connectivity index (χ1v) is 10.3. The maximum Gasteiger partial charge on any atom is 0.278 e. The summed E-state index contributed by atoms with van der Waals surface area (Å²) in [5, 5.41) is 6.39. The number of carbonyl (C=O) groups excluding carboxylic acids is 3. The van der Waals surface area contributed by atoms with Crippen LogP contribution in [0.1, 0.15) is 23.8 Å². The van der Waals surface area contributed by atoms with Gasteiger partial charge in [-0.15, -0.1) is 0 Å². The second-order valence-corrected chi connectivity index (χ2v) is 7.81. The van der Waals surface area contributed by atoms with Crippen molar-refractivity contribution in [3.63, 3.8) is 0 Å². The van der Waals surface area contributed by atoms with Gasteiger partial charge >= 0.3 is 0 Å². The molecule has 2 aromatic carbocycles. The molecule has 0 saturated carbocycles. The molecule has 4 rings (SSSR count). The van der Waals surface area contributed by atoms with Gasteiger partial charge in [0, 0.05) is 23.3 Å². The molecule has 0 bridgehead atoms. The predicted molar refractivity (Wildman–Crippen MR) is 122 cm³/mol. The zero-order valence-electron chi connectivity index (χ0n) is 17.4. The topological polar surface area (TPSA) is 91.7 Å². The van der Waals surface area contributed by atoms with Gasteiger partial charge < -0.3 is 15.1 Å². The number of rotatable bonds is 6. The molecular weight excluding hydrogens is 430 g/mol. The number of hydrogen-bond donors (Lipinski definition) is 2. The van der Waals surface area contributed by atoms with E-state index in [2.05, 4.69) is 10.6 Å². The van der Waals surface area contributed by atoms with Crippen LogP contribution in [0.4, 0.5) is 11.4 Å². The normalized spacial score (nSPS) is 13.7. The summed E-state index contributed by atoms with van der Waals surface area (Å²) in [5.74, 6) is -0.597. The third kappa shape index (κ3) is 4.29. The first kappa shape index (κ1) is 21.4. The van der Waals surface area contributed by atoms with Gasteiger partial charge in [0.25, 0.3) is 11.8 Å². The van der Waals surface area contributed by atoms with Crippen molar-refractivity contribution < 1.29 is 18.8 Å². The Morgan fingerprint density at radius 3 is 2.44 bits per heavy atom. The Morgan fingerprint density at radius 1 is 1.06 bits per heavy atom. The summed E-state index contributed by atoms with van der Waals surface area (Å²) in [5.41, 5.74) is 3.04. The molecule has 1 aliphatic rings. The van der Waals surface area contributed by atoms with E-state index in [0.717, 1.165) is 10.5 Å². The molecule has 3 amide bonds. The van der Waals surface area contributed by atoms with E-state index in [1.54, 1.807) is 54.6 Å². The molecule has 0 aliphatic carbocycles. The zero-order chi connectivity index (χ0) is 22.8. The molecule has 0 fully saturated rings. The quantitative estimate of drug-likeness (QED) is 0.537. The number of benzene rings is 2. The van der Waals surface area contributed by atoms with E-state index in [0.29, 0.717) is 27.7 Å². The maximum absolute atomic E-state index is 13.3. The Kier molecular flexibility index (Phi) is 5.83. The van der Waals surface area contributed by atoms with Crippen molar-refractivity contribution in [3.05, 3.63) is 88.5 Å². The Hall–Kier alpha value is -3.84. The van der Waals surface area contributed by atoms with Crippen LogP contribution in [0.15, 0.2) is 71.0 Å². The number of carbonyl (C=O) groups is 3. The van der Waals surface area contributed by atoms with E-state index < -0.39 is 11.8 Å². The minimum atomic E-state index is -0.457. The number of imide groups is 1. The van der Waals surface area contributed by atoms with Gasteiger partial charge in [-0.05, 0) is 60.5 Å². The molecule has 1 aliphatic heterocycles. The molecule has 0 radical (unpaired) electrons. The summed E-state index contributed by atoms with van der Waals surface area (Å²) in [7, 11) is 0. The standard InChI is InChI=1S/C24H20ClN3O4/c1-14-12-17(25)7-10-20(14)27-22-21(16-5-8-18(9-6-16)26-15(2)29)23(30)28(24(22)31)13-19-4-3-11-32-19/h3-12,27H,13H2,1-2H3,(H,26,29). The fourth-order valence-corrected chi connectivity index (χ4v) is 3.71. The summed E-state index contributed by atoms with van der Waals surface area (Å²) in [6.45, 7) is 3.29. The summed E-state index contributed by atoms with van der Waals surface area (Å²) >= 11 is 6.05. The number of furan rings is 1. The number of nitrogens with zero attached hydrogens (tertiary/aromatic N) is 1. The van der Waals surface area contributed by atoms with Crippen LogP contribution in [-0.4, -0.2) is 22.6 Å². The van der Waals surface area contributed by atoms with E-state index in [9.17, 15) is 14.4 Å². The first-order chi connectivity index (χ1) is 15.3. The third-order valence-electron chi connectivity index (χ3n) is 5.00. The van der Waals surface area contributed by atoms with Crippen molar-refractivity contribution in [1.82, 2.24) is 4.90 Å². The fourth-order valence-electron chi connectivity index (χ4n) is 3.49. The van der Waals surface area contributed by atoms with Gasteiger partial charge in [-0.1, -0.05) is 23.7 Å². The number of anilines is 2. The average Bonchev–Trinajstić information content (AvgIpc) is 3.33. The molecule has 7 nitrogen and oxygen atoms in total.